The lowest BCUT2D eigenvalue weighted by Gasteiger charge is -2.45. The number of nitrogens with zero attached hydrogens (tertiary/aromatic N) is 6. The summed E-state index contributed by atoms with van der Waals surface area (Å²) >= 11 is 6.05. The molecule has 2 N–H and O–H groups in total. The molecule has 1 aliphatic carbocycles. The number of aromatic nitrogens is 4. The number of tetrazole rings is 1. The molecule has 16 heteroatoms. The predicted molar refractivity (Wildman–Crippen MR) is 156 cm³/mol. The van der Waals surface area contributed by atoms with Crippen molar-refractivity contribution in [1.82, 2.24) is 20.2 Å². The van der Waals surface area contributed by atoms with E-state index in [-0.39, 0.29) is 59.0 Å². The molecule has 1 saturated carbocycles. The second-order valence-corrected chi connectivity index (χ2v) is 12.5. The fraction of sp³-hybridized carbons (Fsp3) is 0.500. The van der Waals surface area contributed by atoms with Crippen LogP contribution in [0.25, 0.3) is 0 Å². The average Bonchev–Trinajstić information content (AvgIpc) is 3.39. The number of alkyl halides is 6. The molecule has 1 fully saturated rings. The minimum Gasteiger partial charge on any atom is -0.370 e. The maximum absolute atomic E-state index is 14.0. The lowest BCUT2D eigenvalue weighted by Crippen LogP contribution is -2.49. The number of primary amides is 1. The van der Waals surface area contributed by atoms with Crippen LogP contribution in [0.2, 0.25) is 5.02 Å². The molecule has 0 bridgehead atoms. The van der Waals surface area contributed by atoms with Crippen LogP contribution in [-0.2, 0) is 35.5 Å². The van der Waals surface area contributed by atoms with E-state index in [0.29, 0.717) is 25.7 Å². The first-order valence-corrected chi connectivity index (χ1v) is 15.1. The van der Waals surface area contributed by atoms with Crippen LogP contribution >= 0.6 is 11.6 Å². The molecule has 2 atom stereocenters. The zero-order chi connectivity index (χ0) is 33.6. The van der Waals surface area contributed by atoms with Crippen LogP contribution in [0.5, 0.6) is 0 Å². The highest BCUT2D eigenvalue weighted by molar-refractivity contribution is 6.30. The lowest BCUT2D eigenvalue weighted by molar-refractivity contribution is -0.138. The minimum absolute atomic E-state index is 0.0239. The monoisotopic (exact) mass is 671 g/mol. The Kier molecular flexibility index (Phi) is 9.26. The van der Waals surface area contributed by atoms with E-state index >= 15 is 0 Å². The number of carbonyl (C=O) groups excluding carboxylic acids is 2. The van der Waals surface area contributed by atoms with Crippen LogP contribution in [-0.4, -0.2) is 38.1 Å². The third-order valence-electron chi connectivity index (χ3n) is 8.67. The molecule has 2 aromatic carbocycles. The van der Waals surface area contributed by atoms with Crippen molar-refractivity contribution in [2.75, 3.05) is 9.80 Å². The number of halogens is 7. The summed E-state index contributed by atoms with van der Waals surface area (Å²) in [5.74, 6) is -0.996. The van der Waals surface area contributed by atoms with Gasteiger partial charge in [-0.05, 0) is 97.7 Å². The fourth-order valence-corrected chi connectivity index (χ4v) is 6.80. The first-order valence-electron chi connectivity index (χ1n) is 14.7. The van der Waals surface area contributed by atoms with Crippen molar-refractivity contribution in [3.05, 3.63) is 63.7 Å². The van der Waals surface area contributed by atoms with Gasteiger partial charge in [0.05, 0.1) is 24.2 Å². The van der Waals surface area contributed by atoms with Crippen LogP contribution in [0, 0.1) is 11.8 Å². The maximum Gasteiger partial charge on any atom is 0.416 e. The van der Waals surface area contributed by atoms with Gasteiger partial charge >= 0.3 is 12.4 Å². The molecule has 9 nitrogen and oxygen atoms in total. The smallest absolute Gasteiger partial charge is 0.370 e. The van der Waals surface area contributed by atoms with E-state index in [1.165, 1.54) is 29.0 Å². The second kappa shape index (κ2) is 12.7. The van der Waals surface area contributed by atoms with E-state index in [9.17, 15) is 35.9 Å². The Labute approximate surface area is 265 Å². The van der Waals surface area contributed by atoms with Gasteiger partial charge in [0.2, 0.25) is 11.8 Å². The highest BCUT2D eigenvalue weighted by Gasteiger charge is 2.42. The van der Waals surface area contributed by atoms with Crippen molar-refractivity contribution in [2.45, 2.75) is 76.4 Å². The molecule has 3 aromatic rings. The van der Waals surface area contributed by atoms with E-state index in [1.807, 2.05) is 0 Å². The first-order chi connectivity index (χ1) is 21.5. The molecule has 0 spiro atoms. The summed E-state index contributed by atoms with van der Waals surface area (Å²) in [4.78, 5) is 29.5. The van der Waals surface area contributed by atoms with Gasteiger partial charge in [-0.25, -0.2) is 0 Å². The molecule has 2 heterocycles. The largest absolute Gasteiger partial charge is 0.416 e. The third kappa shape index (κ3) is 7.24. The molecule has 1 aliphatic heterocycles. The van der Waals surface area contributed by atoms with Crippen molar-refractivity contribution in [3.8, 4) is 0 Å². The van der Waals surface area contributed by atoms with Crippen LogP contribution in [0.1, 0.15) is 73.7 Å². The molecule has 2 aliphatic rings. The summed E-state index contributed by atoms with van der Waals surface area (Å²) < 4.78 is 83.0. The Morgan fingerprint density at radius 1 is 1.00 bits per heavy atom. The number of nitrogens with two attached hydrogens (primary N) is 1. The number of hydrogen-bond donors (Lipinski definition) is 1. The van der Waals surface area contributed by atoms with E-state index in [0.717, 1.165) is 29.1 Å². The number of benzene rings is 2. The van der Waals surface area contributed by atoms with Gasteiger partial charge < -0.3 is 15.5 Å². The molecule has 5 rings (SSSR count). The molecule has 248 valence electrons. The topological polar surface area (TPSA) is 110 Å². The Hall–Kier alpha value is -3.88. The normalized spacial score (nSPS) is 22.0. The molecular formula is C30H32ClF6N7O2. The quantitative estimate of drug-likeness (QED) is 0.289. The van der Waals surface area contributed by atoms with Gasteiger partial charge in [0, 0.05) is 35.6 Å². The van der Waals surface area contributed by atoms with Crippen LogP contribution in [0.4, 0.5) is 38.0 Å². The third-order valence-corrected chi connectivity index (χ3v) is 8.89. The van der Waals surface area contributed by atoms with Gasteiger partial charge in [0.15, 0.2) is 0 Å². The maximum atomic E-state index is 14.0. The fourth-order valence-electron chi connectivity index (χ4n) is 6.55. The molecule has 0 saturated heterocycles. The number of amides is 2. The number of anilines is 2. The molecule has 0 radical (unpaired) electrons. The summed E-state index contributed by atoms with van der Waals surface area (Å²) in [6.07, 6.45) is -6.80. The molecule has 2 amide bonds. The van der Waals surface area contributed by atoms with E-state index in [1.54, 1.807) is 6.92 Å². The van der Waals surface area contributed by atoms with E-state index < -0.39 is 47.4 Å². The Morgan fingerprint density at radius 2 is 1.67 bits per heavy atom. The molecule has 1 unspecified atom stereocenters. The van der Waals surface area contributed by atoms with Crippen molar-refractivity contribution in [1.29, 1.82) is 0 Å². The SMILES string of the molecule is C[C@@H]1CC(N(Cc2cc(Cl)cc(C(F)(F)F)c2)c2nnn(C)n2)c2cc(C(F)(F)F)ccc2N1C(=O)[C@H]1CC[C@H](CC(N)=O)CC1. The van der Waals surface area contributed by atoms with Crippen LogP contribution in [0.15, 0.2) is 36.4 Å². The summed E-state index contributed by atoms with van der Waals surface area (Å²) in [5, 5.41) is 11.9. The molecule has 1 aromatic heterocycles. The Morgan fingerprint density at radius 3 is 2.26 bits per heavy atom. The van der Waals surface area contributed by atoms with Gasteiger partial charge in [0.1, 0.15) is 0 Å². The lowest BCUT2D eigenvalue weighted by atomic mass is 9.79. The summed E-state index contributed by atoms with van der Waals surface area (Å²) in [6, 6.07) is 4.78. The summed E-state index contributed by atoms with van der Waals surface area (Å²) in [7, 11) is 1.48. The highest BCUT2D eigenvalue weighted by Crippen LogP contribution is 2.46. The molecule has 46 heavy (non-hydrogen) atoms. The standard InChI is InChI=1S/C30H32ClF6N7O2/c1-16-9-25(43(28-39-41-42(2)40-28)15-18-10-21(30(35,36)37)13-22(31)11-18)23-14-20(29(32,33)34)7-8-24(23)44(16)27(46)19-5-3-17(4-6-19)12-26(38)45/h7-8,10-11,13-14,16-17,19,25H,3-6,9,12,15H2,1-2H3,(H2,38,45)/t16-,17-,19-,25?/m1/s1. The first kappa shape index (κ1) is 33.5. The van der Waals surface area contributed by atoms with Gasteiger partial charge in [0.25, 0.3) is 5.95 Å². The molecular weight excluding hydrogens is 640 g/mol. The van der Waals surface area contributed by atoms with Crippen molar-refractivity contribution >= 4 is 35.1 Å². The number of fused-ring (bicyclic) bond motifs is 1. The van der Waals surface area contributed by atoms with Crippen molar-refractivity contribution < 1.29 is 35.9 Å². The number of rotatable bonds is 7. The Balaban J connectivity index is 1.56. The van der Waals surface area contributed by atoms with Crippen molar-refractivity contribution in [3.63, 3.8) is 0 Å². The van der Waals surface area contributed by atoms with Crippen LogP contribution < -0.4 is 15.5 Å². The zero-order valence-corrected chi connectivity index (χ0v) is 25.7. The van der Waals surface area contributed by atoms with Gasteiger partial charge in [-0.3, -0.25) is 9.59 Å². The van der Waals surface area contributed by atoms with Gasteiger partial charge in [-0.2, -0.15) is 31.1 Å². The Bertz CT molecular complexity index is 1600. The van der Waals surface area contributed by atoms with E-state index in [4.69, 9.17) is 17.3 Å². The summed E-state index contributed by atoms with van der Waals surface area (Å²) in [5.41, 5.74) is 3.95. The van der Waals surface area contributed by atoms with Crippen LogP contribution in [0.3, 0.4) is 0 Å². The van der Waals surface area contributed by atoms with Gasteiger partial charge in [-0.1, -0.05) is 16.7 Å². The summed E-state index contributed by atoms with van der Waals surface area (Å²) in [6.45, 7) is 1.52. The predicted octanol–water partition coefficient (Wildman–Crippen LogP) is 6.46. The van der Waals surface area contributed by atoms with Crippen molar-refractivity contribution in [2.24, 2.45) is 24.6 Å². The number of hydrogen-bond acceptors (Lipinski definition) is 6. The zero-order valence-electron chi connectivity index (χ0n) is 24.9. The minimum atomic E-state index is -4.71. The second-order valence-electron chi connectivity index (χ2n) is 12.0. The van der Waals surface area contributed by atoms with E-state index in [2.05, 4.69) is 15.4 Å². The highest BCUT2D eigenvalue weighted by atomic mass is 35.5. The number of aryl methyl sites for hydroxylation is 1. The average molecular weight is 672 g/mol. The number of carbonyl (C=O) groups is 2. The van der Waals surface area contributed by atoms with Gasteiger partial charge in [-0.15, -0.1) is 5.10 Å².